The summed E-state index contributed by atoms with van der Waals surface area (Å²) < 4.78 is 1.54. The Morgan fingerprint density at radius 2 is 2.14 bits per heavy atom. The molecule has 0 aliphatic heterocycles. The summed E-state index contributed by atoms with van der Waals surface area (Å²) in [6.45, 7) is 2.35. The number of nitriles is 1. The fourth-order valence-electron chi connectivity index (χ4n) is 2.29. The van der Waals surface area contributed by atoms with Gasteiger partial charge in [0.2, 0.25) is 0 Å². The van der Waals surface area contributed by atoms with Crippen LogP contribution in [-0.4, -0.2) is 9.38 Å². The Hall–Kier alpha value is -3.13. The van der Waals surface area contributed by atoms with Crippen LogP contribution in [0.15, 0.2) is 53.5 Å². The van der Waals surface area contributed by atoms with E-state index in [0.29, 0.717) is 23.4 Å². The van der Waals surface area contributed by atoms with Crippen molar-refractivity contribution in [3.8, 4) is 6.07 Å². The first-order valence-corrected chi connectivity index (χ1v) is 6.89. The summed E-state index contributed by atoms with van der Waals surface area (Å²) >= 11 is 0. The number of nitrogens with zero attached hydrogens (tertiary/aromatic N) is 3. The summed E-state index contributed by atoms with van der Waals surface area (Å²) in [6.07, 6.45) is 1.71. The summed E-state index contributed by atoms with van der Waals surface area (Å²) in [5.41, 5.74) is 3.60. The van der Waals surface area contributed by atoms with Crippen LogP contribution in [-0.2, 0) is 6.54 Å². The van der Waals surface area contributed by atoms with Gasteiger partial charge in [0.1, 0.15) is 5.65 Å². The minimum absolute atomic E-state index is 0.101. The molecular formula is C17H14N4O. The molecule has 0 saturated carbocycles. The van der Waals surface area contributed by atoms with Crippen LogP contribution in [0.5, 0.6) is 0 Å². The second-order valence-electron chi connectivity index (χ2n) is 5.02. The van der Waals surface area contributed by atoms with Crippen LogP contribution in [0, 0.1) is 18.3 Å². The fraction of sp³-hybridized carbons (Fsp3) is 0.118. The number of aromatic nitrogens is 2. The van der Waals surface area contributed by atoms with Gasteiger partial charge in [-0.25, -0.2) is 4.98 Å². The molecule has 0 aliphatic carbocycles. The monoisotopic (exact) mass is 290 g/mol. The third kappa shape index (κ3) is 2.67. The zero-order chi connectivity index (χ0) is 15.5. The summed E-state index contributed by atoms with van der Waals surface area (Å²) in [7, 11) is 0. The highest BCUT2D eigenvalue weighted by Gasteiger charge is 2.04. The van der Waals surface area contributed by atoms with Crippen molar-refractivity contribution >= 4 is 11.3 Å². The number of pyridine rings is 1. The molecule has 1 aromatic carbocycles. The molecule has 2 aromatic heterocycles. The Kier molecular flexibility index (Phi) is 3.58. The molecule has 0 spiro atoms. The SMILES string of the molecule is Cc1cccn2c(=O)cc(CNc3cccc(C#N)c3)nc12. The van der Waals surface area contributed by atoms with Crippen LogP contribution in [0.2, 0.25) is 0 Å². The lowest BCUT2D eigenvalue weighted by molar-refractivity contribution is 0.964. The van der Waals surface area contributed by atoms with E-state index in [0.717, 1.165) is 11.3 Å². The van der Waals surface area contributed by atoms with Crippen molar-refractivity contribution in [2.45, 2.75) is 13.5 Å². The highest BCUT2D eigenvalue weighted by molar-refractivity contribution is 5.50. The second-order valence-corrected chi connectivity index (χ2v) is 5.02. The molecule has 5 heteroatoms. The summed E-state index contributed by atoms with van der Waals surface area (Å²) in [4.78, 5) is 16.6. The number of hydrogen-bond donors (Lipinski definition) is 1. The first-order valence-electron chi connectivity index (χ1n) is 6.89. The van der Waals surface area contributed by atoms with E-state index in [1.807, 2.05) is 31.2 Å². The Labute approximate surface area is 127 Å². The number of anilines is 1. The largest absolute Gasteiger partial charge is 0.379 e. The number of fused-ring (bicyclic) bond motifs is 1. The highest BCUT2D eigenvalue weighted by atomic mass is 16.1. The minimum Gasteiger partial charge on any atom is -0.379 e. The lowest BCUT2D eigenvalue weighted by Crippen LogP contribution is -2.17. The molecule has 2 heterocycles. The van der Waals surface area contributed by atoms with Gasteiger partial charge in [-0.15, -0.1) is 0 Å². The molecule has 0 unspecified atom stereocenters. The molecule has 22 heavy (non-hydrogen) atoms. The van der Waals surface area contributed by atoms with Gasteiger partial charge in [0.25, 0.3) is 5.56 Å². The first-order chi connectivity index (χ1) is 10.7. The van der Waals surface area contributed by atoms with Crippen LogP contribution >= 0.6 is 0 Å². The average Bonchev–Trinajstić information content (AvgIpc) is 2.54. The lowest BCUT2D eigenvalue weighted by Gasteiger charge is -2.08. The fourth-order valence-corrected chi connectivity index (χ4v) is 2.29. The van der Waals surface area contributed by atoms with Gasteiger partial charge in [0, 0.05) is 18.0 Å². The van der Waals surface area contributed by atoms with E-state index in [-0.39, 0.29) is 5.56 Å². The molecule has 0 amide bonds. The number of nitrogens with one attached hydrogen (secondary N) is 1. The quantitative estimate of drug-likeness (QED) is 0.804. The molecule has 0 atom stereocenters. The van der Waals surface area contributed by atoms with Crippen molar-refractivity contribution in [1.82, 2.24) is 9.38 Å². The van der Waals surface area contributed by atoms with Crippen molar-refractivity contribution in [3.05, 3.63) is 75.8 Å². The van der Waals surface area contributed by atoms with Gasteiger partial charge in [0.15, 0.2) is 0 Å². The van der Waals surface area contributed by atoms with Crippen LogP contribution in [0.3, 0.4) is 0 Å². The van der Waals surface area contributed by atoms with E-state index < -0.39 is 0 Å². The summed E-state index contributed by atoms with van der Waals surface area (Å²) in [5.74, 6) is 0. The van der Waals surface area contributed by atoms with E-state index in [9.17, 15) is 4.79 Å². The van der Waals surface area contributed by atoms with Gasteiger partial charge in [0.05, 0.1) is 23.9 Å². The van der Waals surface area contributed by atoms with Crippen molar-refractivity contribution in [1.29, 1.82) is 5.26 Å². The Morgan fingerprint density at radius 1 is 1.27 bits per heavy atom. The van der Waals surface area contributed by atoms with Crippen molar-refractivity contribution in [2.24, 2.45) is 0 Å². The van der Waals surface area contributed by atoms with Crippen LogP contribution < -0.4 is 10.9 Å². The molecule has 0 aliphatic rings. The Bertz CT molecular complexity index is 937. The Morgan fingerprint density at radius 3 is 2.95 bits per heavy atom. The molecule has 5 nitrogen and oxygen atoms in total. The molecule has 0 bridgehead atoms. The first kappa shape index (κ1) is 13.8. The third-order valence-corrected chi connectivity index (χ3v) is 3.40. The second kappa shape index (κ2) is 5.70. The third-order valence-electron chi connectivity index (χ3n) is 3.40. The minimum atomic E-state index is -0.101. The van der Waals surface area contributed by atoms with Gasteiger partial charge in [-0.3, -0.25) is 9.20 Å². The van der Waals surface area contributed by atoms with Gasteiger partial charge in [-0.2, -0.15) is 5.26 Å². The highest BCUT2D eigenvalue weighted by Crippen LogP contribution is 2.11. The standard InChI is InChI=1S/C17H14N4O/c1-12-4-3-7-21-16(22)9-15(20-17(12)21)11-19-14-6-2-5-13(8-14)10-18/h2-9,19H,11H2,1H3. The van der Waals surface area contributed by atoms with Crippen LogP contribution in [0.1, 0.15) is 16.8 Å². The molecule has 3 rings (SSSR count). The zero-order valence-corrected chi connectivity index (χ0v) is 12.1. The van der Waals surface area contributed by atoms with E-state index in [2.05, 4.69) is 16.4 Å². The maximum Gasteiger partial charge on any atom is 0.258 e. The van der Waals surface area contributed by atoms with Crippen LogP contribution in [0.25, 0.3) is 5.65 Å². The van der Waals surface area contributed by atoms with E-state index in [4.69, 9.17) is 5.26 Å². The molecular weight excluding hydrogens is 276 g/mol. The molecule has 1 N–H and O–H groups in total. The molecule has 0 saturated heterocycles. The number of hydrogen-bond acceptors (Lipinski definition) is 4. The normalized spacial score (nSPS) is 10.4. The van der Waals surface area contributed by atoms with E-state index in [1.165, 1.54) is 10.5 Å². The summed E-state index contributed by atoms with van der Waals surface area (Å²) in [6, 6.07) is 14.6. The molecule has 0 fully saturated rings. The lowest BCUT2D eigenvalue weighted by atomic mass is 10.2. The van der Waals surface area contributed by atoms with Gasteiger partial charge >= 0.3 is 0 Å². The maximum atomic E-state index is 12.1. The predicted octanol–water partition coefficient (Wildman–Crippen LogP) is 2.49. The van der Waals surface area contributed by atoms with E-state index >= 15 is 0 Å². The summed E-state index contributed by atoms with van der Waals surface area (Å²) in [5, 5.41) is 12.1. The van der Waals surface area contributed by atoms with Crippen molar-refractivity contribution in [3.63, 3.8) is 0 Å². The number of rotatable bonds is 3. The number of benzene rings is 1. The maximum absolute atomic E-state index is 12.1. The Balaban J connectivity index is 1.90. The van der Waals surface area contributed by atoms with Gasteiger partial charge < -0.3 is 5.32 Å². The predicted molar refractivity (Wildman–Crippen MR) is 84.7 cm³/mol. The van der Waals surface area contributed by atoms with Gasteiger partial charge in [-0.05, 0) is 36.8 Å². The number of aryl methyl sites for hydroxylation is 1. The molecule has 108 valence electrons. The smallest absolute Gasteiger partial charge is 0.258 e. The van der Waals surface area contributed by atoms with Crippen molar-refractivity contribution in [2.75, 3.05) is 5.32 Å². The van der Waals surface area contributed by atoms with Gasteiger partial charge in [-0.1, -0.05) is 12.1 Å². The van der Waals surface area contributed by atoms with Crippen LogP contribution in [0.4, 0.5) is 5.69 Å². The average molecular weight is 290 g/mol. The topological polar surface area (TPSA) is 70.2 Å². The molecule has 0 radical (unpaired) electrons. The molecule has 3 aromatic rings. The van der Waals surface area contributed by atoms with E-state index in [1.54, 1.807) is 18.3 Å². The zero-order valence-electron chi connectivity index (χ0n) is 12.1. The van der Waals surface area contributed by atoms with Crippen molar-refractivity contribution < 1.29 is 0 Å².